The Bertz CT molecular complexity index is 756. The van der Waals surface area contributed by atoms with Crippen molar-refractivity contribution in [3.63, 3.8) is 0 Å². The van der Waals surface area contributed by atoms with Crippen LogP contribution in [0.25, 0.3) is 0 Å². The van der Waals surface area contributed by atoms with Gasteiger partial charge in [0.15, 0.2) is 17.5 Å². The molecule has 0 unspecified atom stereocenters. The van der Waals surface area contributed by atoms with Crippen LogP contribution in [0.4, 0.5) is 10.1 Å². The highest BCUT2D eigenvalue weighted by Crippen LogP contribution is 2.28. The van der Waals surface area contributed by atoms with Crippen LogP contribution in [0.3, 0.4) is 0 Å². The zero-order valence-corrected chi connectivity index (χ0v) is 17.2. The third kappa shape index (κ3) is 5.94. The highest BCUT2D eigenvalue weighted by Gasteiger charge is 2.06. The number of halogens is 2. The molecule has 8 heteroatoms. The van der Waals surface area contributed by atoms with Gasteiger partial charge in [0.25, 0.3) is 0 Å². The van der Waals surface area contributed by atoms with Crippen molar-refractivity contribution in [3.05, 3.63) is 47.8 Å². The minimum Gasteiger partial charge on any atom is -0.497 e. The van der Waals surface area contributed by atoms with Crippen molar-refractivity contribution in [1.29, 1.82) is 0 Å². The van der Waals surface area contributed by atoms with E-state index in [9.17, 15) is 4.39 Å². The second-order valence-corrected chi connectivity index (χ2v) is 5.18. The van der Waals surface area contributed by atoms with Crippen LogP contribution in [-0.2, 0) is 6.42 Å². The number of rotatable bonds is 7. The molecule has 26 heavy (non-hydrogen) atoms. The van der Waals surface area contributed by atoms with E-state index in [1.807, 2.05) is 0 Å². The Labute approximate surface area is 169 Å². The summed E-state index contributed by atoms with van der Waals surface area (Å²) in [7, 11) is 4.59. The average molecular weight is 475 g/mol. The van der Waals surface area contributed by atoms with Crippen LogP contribution < -0.4 is 25.3 Å². The number of anilines is 1. The molecular weight excluding hydrogens is 452 g/mol. The molecule has 0 spiro atoms. The van der Waals surface area contributed by atoms with Crippen LogP contribution in [0.1, 0.15) is 5.56 Å². The Balaban J connectivity index is 0.00000338. The van der Waals surface area contributed by atoms with Gasteiger partial charge in [0.2, 0.25) is 0 Å². The average Bonchev–Trinajstić information content (AvgIpc) is 2.63. The Morgan fingerprint density at radius 1 is 1.04 bits per heavy atom. The fourth-order valence-corrected chi connectivity index (χ4v) is 2.25. The van der Waals surface area contributed by atoms with Gasteiger partial charge in [-0.2, -0.15) is 0 Å². The molecule has 0 radical (unpaired) electrons. The number of methoxy groups -OCH3 is 3. The van der Waals surface area contributed by atoms with E-state index in [0.29, 0.717) is 30.2 Å². The summed E-state index contributed by atoms with van der Waals surface area (Å²) in [6, 6.07) is 10.1. The van der Waals surface area contributed by atoms with Crippen molar-refractivity contribution in [1.82, 2.24) is 0 Å². The zero-order valence-electron chi connectivity index (χ0n) is 14.9. The van der Waals surface area contributed by atoms with Crippen LogP contribution in [0.5, 0.6) is 17.2 Å². The van der Waals surface area contributed by atoms with Gasteiger partial charge in [-0.25, -0.2) is 4.39 Å². The summed E-state index contributed by atoms with van der Waals surface area (Å²) in [5, 5.41) is 2.99. The molecule has 2 aromatic carbocycles. The second kappa shape index (κ2) is 10.7. The maximum absolute atomic E-state index is 13.4. The van der Waals surface area contributed by atoms with Crippen LogP contribution >= 0.6 is 24.0 Å². The smallest absolute Gasteiger partial charge is 0.193 e. The first-order valence-corrected chi connectivity index (χ1v) is 7.68. The van der Waals surface area contributed by atoms with Crippen LogP contribution in [0, 0.1) is 5.82 Å². The molecule has 0 atom stereocenters. The molecule has 0 saturated heterocycles. The summed E-state index contributed by atoms with van der Waals surface area (Å²) in [5.74, 6) is 1.38. The summed E-state index contributed by atoms with van der Waals surface area (Å²) < 4.78 is 28.8. The van der Waals surface area contributed by atoms with Crippen LogP contribution in [0.15, 0.2) is 41.4 Å². The normalized spacial score (nSPS) is 10.7. The van der Waals surface area contributed by atoms with Crippen molar-refractivity contribution in [2.45, 2.75) is 6.42 Å². The Morgan fingerprint density at radius 2 is 1.77 bits per heavy atom. The molecule has 0 aromatic heterocycles. The van der Waals surface area contributed by atoms with Crippen molar-refractivity contribution in [2.24, 2.45) is 10.7 Å². The highest BCUT2D eigenvalue weighted by molar-refractivity contribution is 14.0. The fraction of sp³-hybridized carbons (Fsp3) is 0.278. The summed E-state index contributed by atoms with van der Waals surface area (Å²) >= 11 is 0. The lowest BCUT2D eigenvalue weighted by atomic mass is 10.1. The number of benzene rings is 2. The highest BCUT2D eigenvalue weighted by atomic mass is 127. The van der Waals surface area contributed by atoms with E-state index in [2.05, 4.69) is 10.3 Å². The molecule has 0 fully saturated rings. The quantitative estimate of drug-likeness (QED) is 0.365. The van der Waals surface area contributed by atoms with Gasteiger partial charge in [-0.3, -0.25) is 4.99 Å². The first-order valence-electron chi connectivity index (χ1n) is 7.68. The van der Waals surface area contributed by atoms with Gasteiger partial charge in [0.1, 0.15) is 11.5 Å². The molecule has 0 bridgehead atoms. The number of nitrogens with one attached hydrogen (secondary N) is 1. The van der Waals surface area contributed by atoms with Gasteiger partial charge in [0.05, 0.1) is 27.0 Å². The van der Waals surface area contributed by atoms with Crippen LogP contribution in [-0.4, -0.2) is 33.8 Å². The second-order valence-electron chi connectivity index (χ2n) is 5.18. The third-order valence-corrected chi connectivity index (χ3v) is 3.57. The molecule has 3 N–H and O–H groups in total. The van der Waals surface area contributed by atoms with E-state index in [1.165, 1.54) is 13.2 Å². The third-order valence-electron chi connectivity index (χ3n) is 3.57. The standard InChI is InChI=1S/C18H22FN3O3.HI/c1-23-13-5-7-16(24-2)15(11-13)22-18(20)21-9-8-12-4-6-14(19)17(10-12)25-3;/h4-7,10-11H,8-9H2,1-3H3,(H3,20,21,22);1H. The molecule has 2 rings (SSSR count). The first kappa shape index (κ1) is 21.8. The van der Waals surface area contributed by atoms with Gasteiger partial charge in [-0.1, -0.05) is 6.07 Å². The van der Waals surface area contributed by atoms with Gasteiger partial charge in [-0.05, 0) is 36.2 Å². The molecule has 0 heterocycles. The minimum atomic E-state index is -0.388. The molecule has 0 saturated carbocycles. The van der Waals surface area contributed by atoms with Gasteiger partial charge < -0.3 is 25.3 Å². The van der Waals surface area contributed by atoms with Gasteiger partial charge in [-0.15, -0.1) is 24.0 Å². The number of hydrogen-bond donors (Lipinski definition) is 2. The Morgan fingerprint density at radius 3 is 2.42 bits per heavy atom. The number of nitrogens with two attached hydrogens (primary N) is 1. The lowest BCUT2D eigenvalue weighted by molar-refractivity contribution is 0.386. The molecule has 0 aliphatic rings. The van der Waals surface area contributed by atoms with E-state index in [-0.39, 0.29) is 41.5 Å². The lowest BCUT2D eigenvalue weighted by Crippen LogP contribution is -2.23. The summed E-state index contributed by atoms with van der Waals surface area (Å²) in [5.41, 5.74) is 7.49. The molecule has 0 aliphatic heterocycles. The minimum absolute atomic E-state index is 0. The zero-order chi connectivity index (χ0) is 18.2. The predicted molar refractivity (Wildman–Crippen MR) is 112 cm³/mol. The fourth-order valence-electron chi connectivity index (χ4n) is 2.25. The van der Waals surface area contributed by atoms with Crippen molar-refractivity contribution in [3.8, 4) is 17.2 Å². The number of ether oxygens (including phenoxy) is 3. The Kier molecular flexibility index (Phi) is 8.97. The van der Waals surface area contributed by atoms with E-state index >= 15 is 0 Å². The largest absolute Gasteiger partial charge is 0.497 e. The molecule has 142 valence electrons. The molecule has 6 nitrogen and oxygen atoms in total. The Hall–Kier alpha value is -2.23. The number of guanidine groups is 1. The number of nitrogens with zero attached hydrogens (tertiary/aromatic N) is 1. The monoisotopic (exact) mass is 475 g/mol. The molecule has 2 aromatic rings. The van der Waals surface area contributed by atoms with Gasteiger partial charge in [0, 0.05) is 12.6 Å². The summed E-state index contributed by atoms with van der Waals surface area (Å²) in [6.45, 7) is 0.444. The number of aliphatic imine (C=N–C) groups is 1. The van der Waals surface area contributed by atoms with Crippen molar-refractivity contribution in [2.75, 3.05) is 33.2 Å². The summed E-state index contributed by atoms with van der Waals surface area (Å²) in [4.78, 5) is 4.28. The topological polar surface area (TPSA) is 78.1 Å². The van der Waals surface area contributed by atoms with E-state index in [4.69, 9.17) is 19.9 Å². The van der Waals surface area contributed by atoms with Crippen LogP contribution in [0.2, 0.25) is 0 Å². The van der Waals surface area contributed by atoms with E-state index in [1.54, 1.807) is 44.6 Å². The van der Waals surface area contributed by atoms with Crippen molar-refractivity contribution < 1.29 is 18.6 Å². The maximum atomic E-state index is 13.4. The predicted octanol–water partition coefficient (Wildman–Crippen LogP) is 3.44. The lowest BCUT2D eigenvalue weighted by Gasteiger charge is -2.12. The molecular formula is C18H23FIN3O3. The first-order chi connectivity index (χ1) is 12.1. The summed E-state index contributed by atoms with van der Waals surface area (Å²) in [6.07, 6.45) is 0.605. The van der Waals surface area contributed by atoms with E-state index in [0.717, 1.165) is 5.56 Å². The molecule has 0 amide bonds. The SMILES string of the molecule is COc1ccc(OC)c(NC(N)=NCCc2ccc(F)c(OC)c2)c1.I. The molecule has 0 aliphatic carbocycles. The van der Waals surface area contributed by atoms with Crippen molar-refractivity contribution >= 4 is 35.6 Å². The van der Waals surface area contributed by atoms with Gasteiger partial charge >= 0.3 is 0 Å². The maximum Gasteiger partial charge on any atom is 0.193 e. The number of hydrogen-bond acceptors (Lipinski definition) is 4. The van der Waals surface area contributed by atoms with E-state index < -0.39 is 0 Å².